The fourth-order valence-electron chi connectivity index (χ4n) is 1.33. The summed E-state index contributed by atoms with van der Waals surface area (Å²) in [4.78, 5) is 0. The smallest absolute Gasteiger partial charge is 0.212 e. The van der Waals surface area contributed by atoms with Crippen molar-refractivity contribution in [1.29, 1.82) is 0 Å². The van der Waals surface area contributed by atoms with Gasteiger partial charge in [-0.15, -0.1) is 0 Å². The summed E-state index contributed by atoms with van der Waals surface area (Å²) in [5.74, 6) is 0.243. The molecule has 0 bridgehead atoms. The lowest BCUT2D eigenvalue weighted by molar-refractivity contribution is 0.347. The molecular weight excluding hydrogens is 186 g/mol. The molecule has 0 unspecified atom stereocenters. The predicted octanol–water partition coefficient (Wildman–Crippen LogP) is 1.85. The molecule has 0 aromatic carbocycles. The molecule has 0 saturated carbocycles. The lowest BCUT2D eigenvalue weighted by Crippen LogP contribution is -2.36. The van der Waals surface area contributed by atoms with Crippen molar-refractivity contribution in [1.82, 2.24) is 4.31 Å². The Kier molecular flexibility index (Phi) is 6.33. The Morgan fingerprint density at radius 1 is 1.08 bits per heavy atom. The Morgan fingerprint density at radius 2 is 1.54 bits per heavy atom. The summed E-state index contributed by atoms with van der Waals surface area (Å²) in [5, 5.41) is 0. The van der Waals surface area contributed by atoms with Crippen molar-refractivity contribution in [3.63, 3.8) is 0 Å². The number of hydrogen-bond donors (Lipinski definition) is 0. The van der Waals surface area contributed by atoms with Gasteiger partial charge in [0.2, 0.25) is 10.0 Å². The normalized spacial score (nSPS) is 19.0. The molecule has 13 heavy (non-hydrogen) atoms. The van der Waals surface area contributed by atoms with E-state index in [1.54, 1.807) is 11.2 Å². The Bertz CT molecular complexity index is 206. The molecule has 0 aromatic rings. The minimum Gasteiger partial charge on any atom is -0.212 e. The number of rotatable bonds is 2. The Balaban J connectivity index is 0.000000671. The van der Waals surface area contributed by atoms with Crippen molar-refractivity contribution in [2.24, 2.45) is 0 Å². The van der Waals surface area contributed by atoms with Crippen LogP contribution in [-0.2, 0) is 10.0 Å². The van der Waals surface area contributed by atoms with Crippen molar-refractivity contribution < 1.29 is 8.42 Å². The topological polar surface area (TPSA) is 37.4 Å². The van der Waals surface area contributed by atoms with E-state index in [2.05, 4.69) is 0 Å². The van der Waals surface area contributed by atoms with Crippen LogP contribution in [0.25, 0.3) is 0 Å². The van der Waals surface area contributed by atoms with Crippen molar-refractivity contribution in [3.05, 3.63) is 0 Å². The highest BCUT2D eigenvalue weighted by Crippen LogP contribution is 2.12. The van der Waals surface area contributed by atoms with Crippen LogP contribution >= 0.6 is 0 Å². The maximum Gasteiger partial charge on any atom is 0.213 e. The molecule has 0 radical (unpaired) electrons. The van der Waals surface area contributed by atoms with Gasteiger partial charge in [0.1, 0.15) is 0 Å². The van der Waals surface area contributed by atoms with E-state index >= 15 is 0 Å². The highest BCUT2D eigenvalue weighted by atomic mass is 32.2. The predicted molar refractivity (Wildman–Crippen MR) is 56.2 cm³/mol. The van der Waals surface area contributed by atoms with Crippen molar-refractivity contribution >= 4 is 10.0 Å². The SMILES string of the molecule is CC.CCS(=O)(=O)N1CCCCC1. The standard InChI is InChI=1S/C7H15NO2S.C2H6/c1-2-11(9,10)8-6-4-3-5-7-8;1-2/h2-7H2,1H3;1-2H3. The molecule has 1 fully saturated rings. The van der Waals surface area contributed by atoms with Gasteiger partial charge in [-0.05, 0) is 19.8 Å². The summed E-state index contributed by atoms with van der Waals surface area (Å²) in [6.07, 6.45) is 3.23. The molecule has 0 aromatic heterocycles. The molecule has 0 N–H and O–H groups in total. The monoisotopic (exact) mass is 207 g/mol. The van der Waals surface area contributed by atoms with Crippen LogP contribution in [-0.4, -0.2) is 31.6 Å². The van der Waals surface area contributed by atoms with Gasteiger partial charge < -0.3 is 0 Å². The second-order valence-electron chi connectivity index (χ2n) is 2.86. The number of sulfonamides is 1. The van der Waals surface area contributed by atoms with Gasteiger partial charge in [-0.2, -0.15) is 0 Å². The third kappa shape index (κ3) is 4.09. The number of piperidine rings is 1. The minimum atomic E-state index is -2.89. The summed E-state index contributed by atoms with van der Waals surface area (Å²) in [5.41, 5.74) is 0. The molecule has 1 aliphatic rings. The van der Waals surface area contributed by atoms with E-state index in [0.717, 1.165) is 25.9 Å². The maximum absolute atomic E-state index is 11.3. The third-order valence-electron chi connectivity index (χ3n) is 2.07. The molecule has 80 valence electrons. The molecule has 1 heterocycles. The lowest BCUT2D eigenvalue weighted by Gasteiger charge is -2.24. The summed E-state index contributed by atoms with van der Waals surface area (Å²) >= 11 is 0. The summed E-state index contributed by atoms with van der Waals surface area (Å²) in [6, 6.07) is 0. The number of nitrogens with zero attached hydrogens (tertiary/aromatic N) is 1. The van der Waals surface area contributed by atoms with E-state index in [1.165, 1.54) is 6.42 Å². The zero-order valence-corrected chi connectivity index (χ0v) is 9.73. The van der Waals surface area contributed by atoms with Crippen LogP contribution < -0.4 is 0 Å². The van der Waals surface area contributed by atoms with Crippen molar-refractivity contribution in [3.8, 4) is 0 Å². The van der Waals surface area contributed by atoms with Gasteiger partial charge in [-0.3, -0.25) is 0 Å². The molecule has 0 amide bonds. The number of hydrogen-bond acceptors (Lipinski definition) is 2. The molecule has 3 nitrogen and oxygen atoms in total. The first-order valence-corrected chi connectivity index (χ1v) is 6.75. The molecule has 1 saturated heterocycles. The van der Waals surface area contributed by atoms with Crippen LogP contribution in [0.4, 0.5) is 0 Å². The van der Waals surface area contributed by atoms with Crippen LogP contribution in [0.2, 0.25) is 0 Å². The van der Waals surface area contributed by atoms with E-state index < -0.39 is 10.0 Å². The van der Waals surface area contributed by atoms with Gasteiger partial charge in [-0.25, -0.2) is 12.7 Å². The summed E-state index contributed by atoms with van der Waals surface area (Å²) in [7, 11) is -2.89. The van der Waals surface area contributed by atoms with Crippen molar-refractivity contribution in [2.75, 3.05) is 18.8 Å². The van der Waals surface area contributed by atoms with Crippen LogP contribution in [0.15, 0.2) is 0 Å². The lowest BCUT2D eigenvalue weighted by atomic mass is 10.2. The molecule has 0 aliphatic carbocycles. The van der Waals surface area contributed by atoms with E-state index in [1.807, 2.05) is 13.8 Å². The zero-order valence-electron chi connectivity index (χ0n) is 8.91. The molecule has 4 heteroatoms. The van der Waals surface area contributed by atoms with Crippen LogP contribution in [0, 0.1) is 0 Å². The van der Waals surface area contributed by atoms with Crippen LogP contribution in [0.3, 0.4) is 0 Å². The van der Waals surface area contributed by atoms with Crippen LogP contribution in [0.5, 0.6) is 0 Å². The molecule has 0 atom stereocenters. The first-order chi connectivity index (χ1) is 6.17. The van der Waals surface area contributed by atoms with Gasteiger partial charge in [0.25, 0.3) is 0 Å². The zero-order chi connectivity index (χ0) is 10.3. The fraction of sp³-hybridized carbons (Fsp3) is 1.00. The maximum atomic E-state index is 11.3. The molecular formula is C9H21NO2S. The quantitative estimate of drug-likeness (QED) is 0.693. The van der Waals surface area contributed by atoms with E-state index in [-0.39, 0.29) is 5.75 Å². The average molecular weight is 207 g/mol. The first kappa shape index (κ1) is 12.9. The van der Waals surface area contributed by atoms with E-state index in [4.69, 9.17) is 0 Å². The van der Waals surface area contributed by atoms with Gasteiger partial charge in [0.05, 0.1) is 5.75 Å². The summed E-state index contributed by atoms with van der Waals surface area (Å²) in [6.45, 7) is 7.16. The highest BCUT2D eigenvalue weighted by molar-refractivity contribution is 7.89. The molecule has 1 rings (SSSR count). The molecule has 0 spiro atoms. The first-order valence-electron chi connectivity index (χ1n) is 5.14. The van der Waals surface area contributed by atoms with Gasteiger partial charge >= 0.3 is 0 Å². The third-order valence-corrected chi connectivity index (χ3v) is 3.95. The minimum absolute atomic E-state index is 0.243. The summed E-state index contributed by atoms with van der Waals surface area (Å²) < 4.78 is 24.2. The van der Waals surface area contributed by atoms with Gasteiger partial charge in [0.15, 0.2) is 0 Å². The van der Waals surface area contributed by atoms with Gasteiger partial charge in [-0.1, -0.05) is 20.3 Å². The van der Waals surface area contributed by atoms with Gasteiger partial charge in [0, 0.05) is 13.1 Å². The van der Waals surface area contributed by atoms with Crippen molar-refractivity contribution in [2.45, 2.75) is 40.0 Å². The Labute approximate surface area is 82.2 Å². The van der Waals surface area contributed by atoms with E-state index in [0.29, 0.717) is 0 Å². The highest BCUT2D eigenvalue weighted by Gasteiger charge is 2.21. The fourth-order valence-corrected chi connectivity index (χ4v) is 2.51. The molecule has 1 aliphatic heterocycles. The largest absolute Gasteiger partial charge is 0.213 e. The van der Waals surface area contributed by atoms with E-state index in [9.17, 15) is 8.42 Å². The average Bonchev–Trinajstić information content (AvgIpc) is 2.22. The van der Waals surface area contributed by atoms with Crippen LogP contribution in [0.1, 0.15) is 40.0 Å². The second kappa shape index (κ2) is 6.38. The second-order valence-corrected chi connectivity index (χ2v) is 5.12. The Morgan fingerprint density at radius 3 is 1.92 bits per heavy atom. The Hall–Kier alpha value is -0.0900.